The van der Waals surface area contributed by atoms with Crippen LogP contribution in [0.4, 0.5) is 21.0 Å². The van der Waals surface area contributed by atoms with E-state index in [1.165, 1.54) is 29.8 Å². The van der Waals surface area contributed by atoms with Gasteiger partial charge in [-0.1, -0.05) is 6.07 Å². The molecule has 4 aromatic rings. The molecule has 1 aliphatic rings. The molecule has 13 heteroatoms. The first-order chi connectivity index (χ1) is 20.0. The van der Waals surface area contributed by atoms with E-state index in [1.54, 1.807) is 36.2 Å². The number of carbonyl (C=O) groups excluding carboxylic acids is 1. The molecule has 0 radical (unpaired) electrons. The lowest BCUT2D eigenvalue weighted by molar-refractivity contribution is -0.115. The second-order valence-electron chi connectivity index (χ2n) is 9.94. The number of piperidine rings is 1. The minimum Gasteiger partial charge on any atom is -0.491 e. The highest BCUT2D eigenvalue weighted by Gasteiger charge is 2.20. The molecule has 1 saturated heterocycles. The predicted molar refractivity (Wildman–Crippen MR) is 155 cm³/mol. The summed E-state index contributed by atoms with van der Waals surface area (Å²) in [5, 5.41) is 20.1. The Kier molecular flexibility index (Phi) is 9.59. The first-order valence-electron chi connectivity index (χ1n) is 13.7. The number of hydrogen-bond donors (Lipinski definition) is 3. The van der Waals surface area contributed by atoms with E-state index in [-0.39, 0.29) is 12.3 Å². The normalized spacial score (nSPS) is 14.3. The van der Waals surface area contributed by atoms with E-state index < -0.39 is 5.82 Å². The highest BCUT2D eigenvalue weighted by Crippen LogP contribution is 2.38. The number of aliphatic hydroxyl groups excluding tert-OH is 1. The summed E-state index contributed by atoms with van der Waals surface area (Å²) in [6.07, 6.45) is 8.97. The number of fused-ring (bicyclic) bond motifs is 1. The number of ether oxygens (including phenoxy) is 2. The van der Waals surface area contributed by atoms with E-state index in [4.69, 9.17) is 9.47 Å². The zero-order valence-electron chi connectivity index (χ0n) is 22.9. The molecule has 0 unspecified atom stereocenters. The van der Waals surface area contributed by atoms with Gasteiger partial charge >= 0.3 is 0 Å². The molecular formula is C28H34FN7O4S. The number of aromatic nitrogens is 4. The number of rotatable bonds is 13. The Morgan fingerprint density at radius 1 is 1.24 bits per heavy atom. The summed E-state index contributed by atoms with van der Waals surface area (Å²) < 4.78 is 26.8. The largest absolute Gasteiger partial charge is 0.491 e. The van der Waals surface area contributed by atoms with Gasteiger partial charge in [0.25, 0.3) is 0 Å². The molecule has 41 heavy (non-hydrogen) atoms. The van der Waals surface area contributed by atoms with Gasteiger partial charge in [0.05, 0.1) is 26.3 Å². The average molecular weight is 584 g/mol. The summed E-state index contributed by atoms with van der Waals surface area (Å²) in [7, 11) is 1.58. The molecule has 1 fully saturated rings. The van der Waals surface area contributed by atoms with Crippen LogP contribution in [0.1, 0.15) is 30.6 Å². The Bertz CT molecular complexity index is 1450. The van der Waals surface area contributed by atoms with Crippen LogP contribution in [-0.4, -0.2) is 75.5 Å². The molecule has 1 aliphatic heterocycles. The van der Waals surface area contributed by atoms with Gasteiger partial charge in [-0.05, 0) is 69.4 Å². The molecule has 1 aromatic carbocycles. The third-order valence-electron chi connectivity index (χ3n) is 7.01. The van der Waals surface area contributed by atoms with Gasteiger partial charge in [0.1, 0.15) is 12.1 Å². The highest BCUT2D eigenvalue weighted by atomic mass is 32.1. The number of amides is 1. The number of unbranched alkanes of at least 4 members (excludes halogenated alkanes) is 1. The Morgan fingerprint density at radius 2 is 2.10 bits per heavy atom. The van der Waals surface area contributed by atoms with Gasteiger partial charge in [0.2, 0.25) is 5.91 Å². The van der Waals surface area contributed by atoms with Crippen LogP contribution in [0.3, 0.4) is 0 Å². The third-order valence-corrected chi connectivity index (χ3v) is 7.93. The van der Waals surface area contributed by atoms with Gasteiger partial charge in [0, 0.05) is 23.4 Å². The summed E-state index contributed by atoms with van der Waals surface area (Å²) in [5.74, 6) is 1.35. The number of likely N-dealkylation sites (tertiary alicyclic amines) is 1. The lowest BCUT2D eigenvalue weighted by Gasteiger charge is -2.30. The molecule has 1 amide bonds. The van der Waals surface area contributed by atoms with E-state index in [0.29, 0.717) is 52.8 Å². The van der Waals surface area contributed by atoms with Crippen molar-refractivity contribution >= 4 is 39.4 Å². The highest BCUT2D eigenvalue weighted by molar-refractivity contribution is 7.15. The lowest BCUT2D eigenvalue weighted by Crippen LogP contribution is -2.35. The lowest BCUT2D eigenvalue weighted by atomic mass is 9.98. The van der Waals surface area contributed by atoms with Crippen molar-refractivity contribution in [1.29, 1.82) is 0 Å². The second kappa shape index (κ2) is 13.7. The van der Waals surface area contributed by atoms with Crippen LogP contribution in [0, 0.1) is 11.7 Å². The molecule has 5 rings (SSSR count). The molecule has 4 heterocycles. The molecule has 0 saturated carbocycles. The van der Waals surface area contributed by atoms with Crippen molar-refractivity contribution in [3.05, 3.63) is 53.7 Å². The van der Waals surface area contributed by atoms with E-state index in [2.05, 4.69) is 30.6 Å². The number of aliphatic hydroxyl groups is 1. The maximum absolute atomic E-state index is 13.4. The SMILES string of the molecule is COc1c(OCCCCN2CCC(CO)CC2)cn2ncnc(Nc3ncc(CC(=O)Nc4cccc(F)c4)s3)c12. The minimum atomic E-state index is -0.413. The fourth-order valence-electron chi connectivity index (χ4n) is 4.84. The number of benzene rings is 1. The topological polar surface area (TPSA) is 126 Å². The van der Waals surface area contributed by atoms with Crippen LogP contribution in [0.15, 0.2) is 43.0 Å². The van der Waals surface area contributed by atoms with Crippen molar-refractivity contribution in [3.8, 4) is 11.5 Å². The van der Waals surface area contributed by atoms with Crippen molar-refractivity contribution in [3.63, 3.8) is 0 Å². The van der Waals surface area contributed by atoms with Gasteiger partial charge in [0.15, 0.2) is 28.0 Å². The van der Waals surface area contributed by atoms with E-state index >= 15 is 0 Å². The van der Waals surface area contributed by atoms with Crippen LogP contribution in [0.5, 0.6) is 11.5 Å². The standard InChI is InChI=1S/C28H34FN7O4S/c1-39-26-23(40-12-3-2-9-35-10-7-19(17-37)8-11-35)16-36-25(26)27(31-18-32-36)34-28-30-15-22(41-28)14-24(38)33-21-6-4-5-20(29)13-21/h4-6,13,15-16,18-19,37H,2-3,7-12,14,17H2,1H3,(H,33,38)(H,30,31,32,34). The maximum Gasteiger partial charge on any atom is 0.229 e. The second-order valence-corrected chi connectivity index (χ2v) is 11.1. The smallest absolute Gasteiger partial charge is 0.229 e. The zero-order valence-corrected chi connectivity index (χ0v) is 23.7. The van der Waals surface area contributed by atoms with Crippen LogP contribution in [0.2, 0.25) is 0 Å². The number of carbonyl (C=O) groups is 1. The summed E-state index contributed by atoms with van der Waals surface area (Å²) in [4.78, 5) is 24.4. The first kappa shape index (κ1) is 28.7. The number of hydrogen-bond acceptors (Lipinski definition) is 10. The molecule has 3 aromatic heterocycles. The van der Waals surface area contributed by atoms with Crippen molar-refractivity contribution in [1.82, 2.24) is 24.5 Å². The first-order valence-corrected chi connectivity index (χ1v) is 14.5. The summed E-state index contributed by atoms with van der Waals surface area (Å²) in [6.45, 7) is 3.95. The van der Waals surface area contributed by atoms with E-state index in [9.17, 15) is 14.3 Å². The molecule has 218 valence electrons. The molecule has 0 bridgehead atoms. The molecule has 0 aliphatic carbocycles. The van der Waals surface area contributed by atoms with Crippen molar-refractivity contribution in [2.75, 3.05) is 50.6 Å². The predicted octanol–water partition coefficient (Wildman–Crippen LogP) is 4.12. The maximum atomic E-state index is 13.4. The van der Waals surface area contributed by atoms with Gasteiger partial charge < -0.3 is 30.1 Å². The molecular weight excluding hydrogens is 549 g/mol. The van der Waals surface area contributed by atoms with Crippen molar-refractivity contribution in [2.45, 2.75) is 32.1 Å². The van der Waals surface area contributed by atoms with Crippen LogP contribution < -0.4 is 20.1 Å². The number of nitrogens with zero attached hydrogens (tertiary/aromatic N) is 5. The van der Waals surface area contributed by atoms with Crippen LogP contribution in [0.25, 0.3) is 5.52 Å². The average Bonchev–Trinajstić information content (AvgIpc) is 3.57. The number of anilines is 3. The van der Waals surface area contributed by atoms with Gasteiger partial charge in [-0.25, -0.2) is 18.9 Å². The van der Waals surface area contributed by atoms with Gasteiger partial charge in [-0.2, -0.15) is 5.10 Å². The molecule has 0 atom stereocenters. The van der Waals surface area contributed by atoms with E-state index in [0.717, 1.165) is 50.2 Å². The van der Waals surface area contributed by atoms with Crippen molar-refractivity contribution in [2.24, 2.45) is 5.92 Å². The molecule has 0 spiro atoms. The van der Waals surface area contributed by atoms with Crippen LogP contribution >= 0.6 is 11.3 Å². The quantitative estimate of drug-likeness (QED) is 0.199. The monoisotopic (exact) mass is 583 g/mol. The fourth-order valence-corrected chi connectivity index (χ4v) is 5.65. The van der Waals surface area contributed by atoms with Crippen molar-refractivity contribution < 1.29 is 23.8 Å². The number of methoxy groups -OCH3 is 1. The minimum absolute atomic E-state index is 0.0996. The summed E-state index contributed by atoms with van der Waals surface area (Å²) in [5.41, 5.74) is 1.01. The fraction of sp³-hybridized carbons (Fsp3) is 0.429. The van der Waals surface area contributed by atoms with Crippen LogP contribution in [-0.2, 0) is 11.2 Å². The Morgan fingerprint density at radius 3 is 2.88 bits per heavy atom. The number of nitrogens with one attached hydrogen (secondary N) is 2. The Hall–Kier alpha value is -3.81. The van der Waals surface area contributed by atoms with Gasteiger partial charge in [-0.15, -0.1) is 11.3 Å². The number of thiazole rings is 1. The Balaban J connectivity index is 1.16. The summed E-state index contributed by atoms with van der Waals surface area (Å²) in [6, 6.07) is 5.76. The molecule has 11 nitrogen and oxygen atoms in total. The third kappa shape index (κ3) is 7.48. The number of halogens is 1. The Labute approximate surface area is 241 Å². The van der Waals surface area contributed by atoms with Gasteiger partial charge in [-0.3, -0.25) is 4.79 Å². The zero-order chi connectivity index (χ0) is 28.6. The van der Waals surface area contributed by atoms with E-state index in [1.807, 2.05) is 0 Å². The summed E-state index contributed by atoms with van der Waals surface area (Å²) >= 11 is 1.32. The molecule has 3 N–H and O–H groups in total.